The number of rotatable bonds is 5. The molecule has 3 nitrogen and oxygen atoms in total. The minimum Gasteiger partial charge on any atom is -0.461 e. The highest BCUT2D eigenvalue weighted by Crippen LogP contribution is 2.19. The fraction of sp³-hybridized carbons (Fsp3) is 0.438. The van der Waals surface area contributed by atoms with Crippen LogP contribution < -0.4 is 0 Å². The van der Waals surface area contributed by atoms with Crippen LogP contribution in [0.2, 0.25) is 0 Å². The smallest absolute Gasteiger partial charge is 0.309 e. The molecule has 0 radical (unpaired) electrons. The minimum absolute atomic E-state index is 0.0536. The van der Waals surface area contributed by atoms with Crippen molar-refractivity contribution in [1.82, 2.24) is 4.90 Å². The Kier molecular flexibility index (Phi) is 5.16. The molecule has 0 bridgehead atoms. The number of hydrogen-bond donors (Lipinski definition) is 0. The van der Waals surface area contributed by atoms with Gasteiger partial charge in [0.25, 0.3) is 0 Å². The van der Waals surface area contributed by atoms with Crippen LogP contribution in [0.4, 0.5) is 0 Å². The van der Waals surface area contributed by atoms with Gasteiger partial charge >= 0.3 is 5.97 Å². The molecule has 0 unspecified atom stereocenters. The molecule has 1 saturated heterocycles. The third kappa shape index (κ3) is 4.21. The van der Waals surface area contributed by atoms with Gasteiger partial charge in [-0.25, -0.2) is 0 Å². The highest BCUT2D eigenvalue weighted by atomic mass is 16.5. The molecular weight excluding hydrogens is 238 g/mol. The molecule has 1 aliphatic heterocycles. The molecule has 0 amide bonds. The quantitative estimate of drug-likeness (QED) is 0.601. The average molecular weight is 259 g/mol. The summed E-state index contributed by atoms with van der Waals surface area (Å²) in [7, 11) is 0. The third-order valence-corrected chi connectivity index (χ3v) is 3.53. The van der Waals surface area contributed by atoms with Gasteiger partial charge in [0, 0.05) is 6.54 Å². The predicted octanol–water partition coefficient (Wildman–Crippen LogP) is 2.63. The van der Waals surface area contributed by atoms with E-state index in [9.17, 15) is 4.79 Å². The van der Waals surface area contributed by atoms with Crippen LogP contribution in [0.3, 0.4) is 0 Å². The highest BCUT2D eigenvalue weighted by molar-refractivity contribution is 5.72. The topological polar surface area (TPSA) is 29.5 Å². The van der Waals surface area contributed by atoms with E-state index in [1.165, 1.54) is 0 Å². The number of carbonyl (C=O) groups excluding carboxylic acids is 1. The van der Waals surface area contributed by atoms with E-state index in [0.29, 0.717) is 6.61 Å². The Morgan fingerprint density at radius 2 is 2.00 bits per heavy atom. The molecule has 0 atom stereocenters. The fourth-order valence-electron chi connectivity index (χ4n) is 2.38. The van der Waals surface area contributed by atoms with Gasteiger partial charge in [-0.1, -0.05) is 36.4 Å². The first kappa shape index (κ1) is 13.8. The Labute approximate surface area is 114 Å². The van der Waals surface area contributed by atoms with E-state index in [1.807, 2.05) is 36.4 Å². The summed E-state index contributed by atoms with van der Waals surface area (Å²) < 4.78 is 5.39. The van der Waals surface area contributed by atoms with E-state index < -0.39 is 0 Å². The van der Waals surface area contributed by atoms with Crippen molar-refractivity contribution in [3.63, 3.8) is 0 Å². The Morgan fingerprint density at radius 3 is 2.63 bits per heavy atom. The standard InChI is InChI=1S/C16H21NO2/c1-2-10-17-11-8-15(9-12-17)16(18)19-13-14-6-4-3-5-7-14/h2-7,15H,1,8-13H2. The van der Waals surface area contributed by atoms with Crippen LogP contribution in [-0.2, 0) is 16.1 Å². The van der Waals surface area contributed by atoms with Gasteiger partial charge in [-0.15, -0.1) is 6.58 Å². The van der Waals surface area contributed by atoms with Gasteiger partial charge in [0.2, 0.25) is 0 Å². The van der Waals surface area contributed by atoms with Gasteiger partial charge in [-0.05, 0) is 31.5 Å². The lowest BCUT2D eigenvalue weighted by molar-refractivity contribution is -0.151. The lowest BCUT2D eigenvalue weighted by Crippen LogP contribution is -2.36. The Morgan fingerprint density at radius 1 is 1.32 bits per heavy atom. The van der Waals surface area contributed by atoms with Crippen LogP contribution in [0.5, 0.6) is 0 Å². The molecule has 19 heavy (non-hydrogen) atoms. The Balaban J connectivity index is 1.74. The lowest BCUT2D eigenvalue weighted by atomic mass is 9.97. The zero-order valence-corrected chi connectivity index (χ0v) is 11.3. The maximum atomic E-state index is 12.0. The fourth-order valence-corrected chi connectivity index (χ4v) is 2.38. The van der Waals surface area contributed by atoms with Crippen LogP contribution >= 0.6 is 0 Å². The van der Waals surface area contributed by atoms with Crippen molar-refractivity contribution in [2.45, 2.75) is 19.4 Å². The molecule has 0 saturated carbocycles. The van der Waals surface area contributed by atoms with Gasteiger partial charge in [-0.2, -0.15) is 0 Å². The molecule has 1 aromatic rings. The molecule has 0 N–H and O–H groups in total. The van der Waals surface area contributed by atoms with Gasteiger partial charge in [-0.3, -0.25) is 9.69 Å². The highest BCUT2D eigenvalue weighted by Gasteiger charge is 2.25. The van der Waals surface area contributed by atoms with E-state index >= 15 is 0 Å². The summed E-state index contributed by atoms with van der Waals surface area (Å²) >= 11 is 0. The SMILES string of the molecule is C=CCN1CCC(C(=O)OCc2ccccc2)CC1. The van der Waals surface area contributed by atoms with E-state index in [1.54, 1.807) is 0 Å². The van der Waals surface area contributed by atoms with Gasteiger partial charge in [0.15, 0.2) is 0 Å². The molecule has 0 spiro atoms. The predicted molar refractivity (Wildman–Crippen MR) is 75.6 cm³/mol. The summed E-state index contributed by atoms with van der Waals surface area (Å²) in [4.78, 5) is 14.3. The summed E-state index contributed by atoms with van der Waals surface area (Å²) in [6.07, 6.45) is 3.69. The van der Waals surface area contributed by atoms with Gasteiger partial charge in [0.05, 0.1) is 5.92 Å². The van der Waals surface area contributed by atoms with Gasteiger partial charge < -0.3 is 4.74 Å². The van der Waals surface area contributed by atoms with Crippen LogP contribution in [-0.4, -0.2) is 30.5 Å². The number of benzene rings is 1. The molecule has 1 heterocycles. The molecule has 0 aliphatic carbocycles. The van der Waals surface area contributed by atoms with Crippen molar-refractivity contribution in [1.29, 1.82) is 0 Å². The van der Waals surface area contributed by atoms with E-state index in [4.69, 9.17) is 4.74 Å². The summed E-state index contributed by atoms with van der Waals surface area (Å²) in [5, 5.41) is 0. The second kappa shape index (κ2) is 7.10. The molecular formula is C16H21NO2. The zero-order valence-electron chi connectivity index (χ0n) is 11.3. The molecule has 0 aromatic heterocycles. The monoisotopic (exact) mass is 259 g/mol. The van der Waals surface area contributed by atoms with Crippen molar-refractivity contribution in [3.8, 4) is 0 Å². The largest absolute Gasteiger partial charge is 0.461 e. The van der Waals surface area contributed by atoms with Crippen molar-refractivity contribution in [2.24, 2.45) is 5.92 Å². The molecule has 3 heteroatoms. The average Bonchev–Trinajstić information content (AvgIpc) is 2.47. The van der Waals surface area contributed by atoms with Crippen LogP contribution in [0.1, 0.15) is 18.4 Å². The number of carbonyl (C=O) groups is 1. The molecule has 1 aliphatic rings. The maximum absolute atomic E-state index is 12.0. The number of likely N-dealkylation sites (tertiary alicyclic amines) is 1. The third-order valence-electron chi connectivity index (χ3n) is 3.53. The van der Waals surface area contributed by atoms with Crippen molar-refractivity contribution >= 4 is 5.97 Å². The number of nitrogens with zero attached hydrogens (tertiary/aromatic N) is 1. The zero-order chi connectivity index (χ0) is 13.5. The number of hydrogen-bond acceptors (Lipinski definition) is 3. The Bertz CT molecular complexity index is 408. The first-order valence-corrected chi connectivity index (χ1v) is 6.83. The number of esters is 1. The second-order valence-corrected chi connectivity index (χ2v) is 4.96. The molecule has 2 rings (SSSR count). The van der Waals surface area contributed by atoms with Crippen LogP contribution in [0, 0.1) is 5.92 Å². The van der Waals surface area contributed by atoms with Crippen LogP contribution in [0.25, 0.3) is 0 Å². The summed E-state index contributed by atoms with van der Waals surface area (Å²) in [5.41, 5.74) is 1.04. The van der Waals surface area contributed by atoms with E-state index in [-0.39, 0.29) is 11.9 Å². The minimum atomic E-state index is -0.0536. The lowest BCUT2D eigenvalue weighted by Gasteiger charge is -2.29. The first-order chi connectivity index (χ1) is 9.29. The van der Waals surface area contributed by atoms with E-state index in [0.717, 1.165) is 38.0 Å². The number of ether oxygens (including phenoxy) is 1. The van der Waals surface area contributed by atoms with Crippen LogP contribution in [0.15, 0.2) is 43.0 Å². The maximum Gasteiger partial charge on any atom is 0.309 e. The normalized spacial score (nSPS) is 17.1. The van der Waals surface area contributed by atoms with Crippen molar-refractivity contribution in [3.05, 3.63) is 48.6 Å². The van der Waals surface area contributed by atoms with Crippen molar-refractivity contribution in [2.75, 3.05) is 19.6 Å². The molecule has 1 aromatic carbocycles. The van der Waals surface area contributed by atoms with Gasteiger partial charge in [0.1, 0.15) is 6.61 Å². The first-order valence-electron chi connectivity index (χ1n) is 6.83. The molecule has 102 valence electrons. The summed E-state index contributed by atoms with van der Waals surface area (Å²) in [5.74, 6) is 0.00637. The Hall–Kier alpha value is -1.61. The van der Waals surface area contributed by atoms with E-state index in [2.05, 4.69) is 11.5 Å². The molecule has 1 fully saturated rings. The summed E-state index contributed by atoms with van der Waals surface area (Å²) in [6, 6.07) is 9.81. The summed E-state index contributed by atoms with van der Waals surface area (Å²) in [6.45, 7) is 6.94. The second-order valence-electron chi connectivity index (χ2n) is 4.96. The van der Waals surface area contributed by atoms with Crippen molar-refractivity contribution < 1.29 is 9.53 Å². The number of piperidine rings is 1.